The molecule has 6 heteroatoms. The van der Waals surface area contributed by atoms with Crippen LogP contribution in [0.3, 0.4) is 0 Å². The Bertz CT molecular complexity index is 1340. The highest BCUT2D eigenvalue weighted by Crippen LogP contribution is 2.38. The monoisotopic (exact) mass is 507 g/mol. The van der Waals surface area contributed by atoms with E-state index in [4.69, 9.17) is 16.3 Å². The lowest BCUT2D eigenvalue weighted by Gasteiger charge is -2.34. The fourth-order valence-corrected chi connectivity index (χ4v) is 6.35. The Morgan fingerprint density at radius 2 is 1.74 bits per heavy atom. The third kappa shape index (κ3) is 4.93. The molecule has 1 aliphatic rings. The third-order valence-corrected chi connectivity index (χ3v) is 8.48. The van der Waals surface area contributed by atoms with Crippen LogP contribution in [-0.2, 0) is 6.54 Å². The maximum atomic E-state index is 15.1. The maximum absolute atomic E-state index is 15.1. The lowest BCUT2D eigenvalue weighted by atomic mass is 9.93. The number of hydrogen-bond donors (Lipinski definition) is 0. The van der Waals surface area contributed by atoms with Crippen molar-refractivity contribution in [2.75, 3.05) is 7.11 Å². The molecule has 1 aliphatic carbocycles. The van der Waals surface area contributed by atoms with Gasteiger partial charge in [-0.3, -0.25) is 4.79 Å². The van der Waals surface area contributed by atoms with E-state index in [1.54, 1.807) is 13.2 Å². The van der Waals surface area contributed by atoms with E-state index < -0.39 is 0 Å². The van der Waals surface area contributed by atoms with Gasteiger partial charge in [0.15, 0.2) is 0 Å². The Balaban J connectivity index is 1.50. The SMILES string of the molecule is COc1ccc(-c2ccc(F)c(CN(C(=O)c3sc4ccccc4c3Cl)C3CCCCC3)c2)cc1. The molecule has 1 fully saturated rings. The number of nitrogens with zero attached hydrogens (tertiary/aromatic N) is 1. The predicted molar refractivity (Wildman–Crippen MR) is 142 cm³/mol. The van der Waals surface area contributed by atoms with E-state index in [1.165, 1.54) is 23.8 Å². The summed E-state index contributed by atoms with van der Waals surface area (Å²) >= 11 is 8.09. The van der Waals surface area contributed by atoms with Gasteiger partial charge in [0.1, 0.15) is 16.4 Å². The summed E-state index contributed by atoms with van der Waals surface area (Å²) in [5, 5.41) is 1.38. The summed E-state index contributed by atoms with van der Waals surface area (Å²) in [5.74, 6) is 0.348. The predicted octanol–water partition coefficient (Wildman–Crippen LogP) is 8.34. The molecule has 0 saturated heterocycles. The molecular formula is C29H27ClFNO2S. The van der Waals surface area contributed by atoms with Gasteiger partial charge in [-0.05, 0) is 54.3 Å². The molecule has 0 atom stereocenters. The molecule has 3 aromatic carbocycles. The minimum atomic E-state index is -0.307. The smallest absolute Gasteiger partial charge is 0.266 e. The minimum absolute atomic E-state index is 0.0709. The molecule has 0 bridgehead atoms. The molecule has 1 saturated carbocycles. The zero-order valence-electron chi connectivity index (χ0n) is 19.6. The summed E-state index contributed by atoms with van der Waals surface area (Å²) in [7, 11) is 1.63. The van der Waals surface area contributed by atoms with E-state index in [1.807, 2.05) is 59.5 Å². The van der Waals surface area contributed by atoms with Gasteiger partial charge in [-0.1, -0.05) is 67.3 Å². The summed E-state index contributed by atoms with van der Waals surface area (Å²) in [4.78, 5) is 16.3. The van der Waals surface area contributed by atoms with Crippen molar-refractivity contribution in [1.29, 1.82) is 0 Å². The standard InChI is InChI=1S/C29H27ClFNO2S/c1-34-23-14-11-19(12-15-23)20-13-16-25(31)21(17-20)18-32(22-7-3-2-4-8-22)29(33)28-27(30)24-9-5-6-10-26(24)35-28/h5-6,9-17,22H,2-4,7-8,18H2,1H3. The molecule has 0 spiro atoms. The Hall–Kier alpha value is -2.89. The first kappa shape index (κ1) is 23.8. The van der Waals surface area contributed by atoms with Gasteiger partial charge < -0.3 is 9.64 Å². The van der Waals surface area contributed by atoms with Crippen LogP contribution in [-0.4, -0.2) is 24.0 Å². The third-order valence-electron chi connectivity index (χ3n) is 6.82. The molecule has 4 aromatic rings. The molecule has 1 amide bonds. The van der Waals surface area contributed by atoms with E-state index in [0.717, 1.165) is 52.6 Å². The zero-order chi connectivity index (χ0) is 24.4. The van der Waals surface area contributed by atoms with Gasteiger partial charge in [-0.25, -0.2) is 4.39 Å². The second-order valence-corrected chi connectivity index (χ2v) is 10.4. The van der Waals surface area contributed by atoms with Crippen molar-refractivity contribution < 1.29 is 13.9 Å². The molecule has 35 heavy (non-hydrogen) atoms. The number of halogens is 2. The van der Waals surface area contributed by atoms with Crippen LogP contribution in [0.2, 0.25) is 5.02 Å². The van der Waals surface area contributed by atoms with Gasteiger partial charge in [-0.15, -0.1) is 11.3 Å². The number of carbonyl (C=O) groups is 1. The van der Waals surface area contributed by atoms with E-state index in [-0.39, 0.29) is 24.3 Å². The van der Waals surface area contributed by atoms with Crippen molar-refractivity contribution in [2.24, 2.45) is 0 Å². The van der Waals surface area contributed by atoms with Gasteiger partial charge in [0.05, 0.1) is 12.1 Å². The number of thiophene rings is 1. The summed E-state index contributed by atoms with van der Waals surface area (Å²) in [5.41, 5.74) is 2.38. The van der Waals surface area contributed by atoms with Crippen molar-refractivity contribution in [1.82, 2.24) is 4.90 Å². The van der Waals surface area contributed by atoms with Crippen LogP contribution in [0.15, 0.2) is 66.7 Å². The van der Waals surface area contributed by atoms with Crippen molar-refractivity contribution in [3.8, 4) is 16.9 Å². The van der Waals surface area contributed by atoms with Gasteiger partial charge >= 0.3 is 0 Å². The highest BCUT2D eigenvalue weighted by atomic mass is 35.5. The van der Waals surface area contributed by atoms with E-state index in [0.29, 0.717) is 15.5 Å². The fraction of sp³-hybridized carbons (Fsp3) is 0.276. The van der Waals surface area contributed by atoms with Crippen LogP contribution in [0.25, 0.3) is 21.2 Å². The zero-order valence-corrected chi connectivity index (χ0v) is 21.2. The van der Waals surface area contributed by atoms with Crippen molar-refractivity contribution in [3.63, 3.8) is 0 Å². The molecule has 1 aromatic heterocycles. The number of fused-ring (bicyclic) bond motifs is 1. The maximum Gasteiger partial charge on any atom is 0.266 e. The Kier molecular flexibility index (Phi) is 7.07. The van der Waals surface area contributed by atoms with E-state index >= 15 is 4.39 Å². The summed E-state index contributed by atoms with van der Waals surface area (Å²) in [6, 6.07) is 20.7. The van der Waals surface area contributed by atoms with Crippen molar-refractivity contribution >= 4 is 38.9 Å². The molecule has 0 N–H and O–H groups in total. The number of hydrogen-bond acceptors (Lipinski definition) is 3. The summed E-state index contributed by atoms with van der Waals surface area (Å²) in [6.07, 6.45) is 5.16. The lowest BCUT2D eigenvalue weighted by Crippen LogP contribution is -2.41. The molecule has 1 heterocycles. The van der Waals surface area contributed by atoms with Crippen LogP contribution in [0.5, 0.6) is 5.75 Å². The second-order valence-electron chi connectivity index (χ2n) is 9.00. The first-order valence-electron chi connectivity index (χ1n) is 12.0. The molecule has 0 radical (unpaired) electrons. The van der Waals surface area contributed by atoms with Crippen LogP contribution in [0, 0.1) is 5.82 Å². The van der Waals surface area contributed by atoms with Crippen molar-refractivity contribution in [2.45, 2.75) is 44.7 Å². The highest BCUT2D eigenvalue weighted by Gasteiger charge is 2.30. The minimum Gasteiger partial charge on any atom is -0.497 e. The van der Waals surface area contributed by atoms with Crippen LogP contribution in [0.4, 0.5) is 4.39 Å². The van der Waals surface area contributed by atoms with Gasteiger partial charge in [0, 0.05) is 28.2 Å². The number of ether oxygens (including phenoxy) is 1. The van der Waals surface area contributed by atoms with Crippen LogP contribution in [0.1, 0.15) is 47.3 Å². The average Bonchev–Trinajstić information content (AvgIpc) is 3.25. The number of methoxy groups -OCH3 is 1. The van der Waals surface area contributed by atoms with Crippen molar-refractivity contribution in [3.05, 3.63) is 88.0 Å². The fourth-order valence-electron chi connectivity index (χ4n) is 4.88. The second kappa shape index (κ2) is 10.4. The average molecular weight is 508 g/mol. The number of carbonyl (C=O) groups excluding carboxylic acids is 1. The molecule has 180 valence electrons. The van der Waals surface area contributed by atoms with Gasteiger partial charge in [0.25, 0.3) is 5.91 Å². The van der Waals surface area contributed by atoms with Gasteiger partial charge in [-0.2, -0.15) is 0 Å². The number of benzene rings is 3. The Labute approximate surface area is 214 Å². The first-order chi connectivity index (χ1) is 17.0. The van der Waals surface area contributed by atoms with Crippen LogP contribution < -0.4 is 4.74 Å². The topological polar surface area (TPSA) is 29.5 Å². The van der Waals surface area contributed by atoms with E-state index in [2.05, 4.69) is 0 Å². The first-order valence-corrected chi connectivity index (χ1v) is 13.2. The Morgan fingerprint density at radius 1 is 1.03 bits per heavy atom. The van der Waals surface area contributed by atoms with Crippen LogP contribution >= 0.6 is 22.9 Å². The summed E-state index contributed by atoms with van der Waals surface area (Å²) < 4.78 is 21.3. The summed E-state index contributed by atoms with van der Waals surface area (Å²) in [6.45, 7) is 0.212. The number of amides is 1. The molecular weight excluding hydrogens is 481 g/mol. The van der Waals surface area contributed by atoms with Gasteiger partial charge in [0.2, 0.25) is 0 Å². The molecule has 0 unspecified atom stereocenters. The highest BCUT2D eigenvalue weighted by molar-refractivity contribution is 7.21. The molecule has 0 aliphatic heterocycles. The normalized spacial score (nSPS) is 14.3. The molecule has 5 rings (SSSR count). The Morgan fingerprint density at radius 3 is 2.46 bits per heavy atom. The number of rotatable bonds is 6. The molecule has 3 nitrogen and oxygen atoms in total. The lowest BCUT2D eigenvalue weighted by molar-refractivity contribution is 0.0617. The largest absolute Gasteiger partial charge is 0.497 e. The quantitative estimate of drug-likeness (QED) is 0.262. The van der Waals surface area contributed by atoms with E-state index in [9.17, 15) is 4.79 Å².